The fourth-order valence-corrected chi connectivity index (χ4v) is 4.48. The maximum absolute atomic E-state index is 12.9. The first-order chi connectivity index (χ1) is 15.9. The molecule has 7 nitrogen and oxygen atoms in total. The van der Waals surface area contributed by atoms with Gasteiger partial charge < -0.3 is 10.1 Å². The Labute approximate surface area is 192 Å². The molecule has 0 radical (unpaired) electrons. The minimum absolute atomic E-state index is 0.0218. The molecule has 1 fully saturated rings. The standard InChI is InChI=1S/C26H29N3O4/c1-17-9-8-14-22(18(17)2)27-23(30)16-33-26(32)24-20-12-6-7-13-21(20)25(31)29(28-24)15-19-10-4-3-5-11-19/h3-7,10-13,17-18,22H,8-9,14-16H2,1-2H3,(H,27,30). The molecule has 33 heavy (non-hydrogen) atoms. The first-order valence-electron chi connectivity index (χ1n) is 11.4. The van der Waals surface area contributed by atoms with E-state index in [9.17, 15) is 14.4 Å². The molecular weight excluding hydrogens is 418 g/mol. The van der Waals surface area contributed by atoms with Crippen LogP contribution < -0.4 is 10.9 Å². The van der Waals surface area contributed by atoms with Crippen LogP contribution in [0.4, 0.5) is 0 Å². The number of benzene rings is 2. The van der Waals surface area contributed by atoms with Gasteiger partial charge in [0.1, 0.15) is 0 Å². The summed E-state index contributed by atoms with van der Waals surface area (Å²) in [6.07, 6.45) is 3.18. The van der Waals surface area contributed by atoms with Crippen LogP contribution in [0, 0.1) is 11.8 Å². The van der Waals surface area contributed by atoms with Gasteiger partial charge in [0, 0.05) is 11.4 Å². The number of ether oxygens (including phenoxy) is 1. The van der Waals surface area contributed by atoms with Gasteiger partial charge in [-0.15, -0.1) is 0 Å². The molecule has 1 N–H and O–H groups in total. The van der Waals surface area contributed by atoms with E-state index in [1.54, 1.807) is 24.3 Å². The molecule has 1 aliphatic rings. The highest BCUT2D eigenvalue weighted by Gasteiger charge is 2.28. The molecule has 1 amide bonds. The zero-order valence-electron chi connectivity index (χ0n) is 19.0. The van der Waals surface area contributed by atoms with Crippen molar-refractivity contribution in [2.75, 3.05) is 6.61 Å². The molecule has 7 heteroatoms. The summed E-state index contributed by atoms with van der Waals surface area (Å²) in [4.78, 5) is 38.3. The van der Waals surface area contributed by atoms with Gasteiger partial charge in [0.2, 0.25) is 0 Å². The summed E-state index contributed by atoms with van der Waals surface area (Å²) in [6.45, 7) is 4.18. The molecule has 4 rings (SSSR count). The van der Waals surface area contributed by atoms with E-state index in [0.717, 1.165) is 18.4 Å². The van der Waals surface area contributed by atoms with Crippen LogP contribution in [0.5, 0.6) is 0 Å². The number of carbonyl (C=O) groups is 2. The van der Waals surface area contributed by atoms with Gasteiger partial charge in [-0.25, -0.2) is 9.48 Å². The van der Waals surface area contributed by atoms with Crippen LogP contribution in [0.15, 0.2) is 59.4 Å². The number of hydrogen-bond acceptors (Lipinski definition) is 5. The third-order valence-corrected chi connectivity index (χ3v) is 6.62. The van der Waals surface area contributed by atoms with Crippen LogP contribution in [-0.4, -0.2) is 34.3 Å². The largest absolute Gasteiger partial charge is 0.451 e. The molecule has 0 saturated heterocycles. The fourth-order valence-electron chi connectivity index (χ4n) is 4.48. The number of esters is 1. The Bertz CT molecular complexity index is 1210. The highest BCUT2D eigenvalue weighted by molar-refractivity contribution is 6.02. The number of carbonyl (C=O) groups excluding carboxylic acids is 2. The third-order valence-electron chi connectivity index (χ3n) is 6.62. The van der Waals surface area contributed by atoms with Crippen molar-refractivity contribution in [2.24, 2.45) is 11.8 Å². The highest BCUT2D eigenvalue weighted by Crippen LogP contribution is 2.29. The number of nitrogens with one attached hydrogen (secondary N) is 1. The summed E-state index contributed by atoms with van der Waals surface area (Å²) in [5, 5.41) is 8.10. The number of amides is 1. The summed E-state index contributed by atoms with van der Waals surface area (Å²) >= 11 is 0. The zero-order chi connectivity index (χ0) is 23.4. The Balaban J connectivity index is 1.52. The maximum atomic E-state index is 12.9. The summed E-state index contributed by atoms with van der Waals surface area (Å²) in [5.74, 6) is -0.122. The van der Waals surface area contributed by atoms with Gasteiger partial charge in [0.05, 0.1) is 11.9 Å². The lowest BCUT2D eigenvalue weighted by atomic mass is 9.78. The minimum Gasteiger partial charge on any atom is -0.451 e. The van der Waals surface area contributed by atoms with Gasteiger partial charge >= 0.3 is 5.97 Å². The van der Waals surface area contributed by atoms with E-state index < -0.39 is 5.97 Å². The van der Waals surface area contributed by atoms with Crippen molar-refractivity contribution in [3.63, 3.8) is 0 Å². The van der Waals surface area contributed by atoms with Crippen LogP contribution in [0.2, 0.25) is 0 Å². The van der Waals surface area contributed by atoms with E-state index in [1.807, 2.05) is 30.3 Å². The van der Waals surface area contributed by atoms with E-state index in [0.29, 0.717) is 22.6 Å². The molecule has 3 aromatic rings. The number of nitrogens with zero attached hydrogens (tertiary/aromatic N) is 2. The van der Waals surface area contributed by atoms with Crippen LogP contribution in [0.1, 0.15) is 49.2 Å². The topological polar surface area (TPSA) is 90.3 Å². The zero-order valence-corrected chi connectivity index (χ0v) is 19.0. The minimum atomic E-state index is -0.728. The Morgan fingerprint density at radius 3 is 2.48 bits per heavy atom. The van der Waals surface area contributed by atoms with Crippen LogP contribution in [-0.2, 0) is 16.1 Å². The summed E-state index contributed by atoms with van der Waals surface area (Å²) in [5.41, 5.74) is 0.620. The smallest absolute Gasteiger partial charge is 0.359 e. The molecular formula is C26H29N3O4. The molecule has 0 spiro atoms. The van der Waals surface area contributed by atoms with Crippen LogP contribution in [0.25, 0.3) is 10.8 Å². The quantitative estimate of drug-likeness (QED) is 0.584. The second-order valence-electron chi connectivity index (χ2n) is 8.86. The SMILES string of the molecule is CC1CCCC(NC(=O)COC(=O)c2nn(Cc3ccccc3)c(=O)c3ccccc23)C1C. The number of aromatic nitrogens is 2. The average Bonchev–Trinajstić information content (AvgIpc) is 2.83. The lowest BCUT2D eigenvalue weighted by molar-refractivity contribution is -0.125. The van der Waals surface area contributed by atoms with Gasteiger partial charge in [0.25, 0.3) is 11.5 Å². The third kappa shape index (κ3) is 5.13. The molecule has 1 heterocycles. The Hall–Kier alpha value is -3.48. The van der Waals surface area contributed by atoms with Crippen molar-refractivity contribution in [1.82, 2.24) is 15.1 Å². The van der Waals surface area contributed by atoms with Crippen molar-refractivity contribution in [3.05, 3.63) is 76.2 Å². The van der Waals surface area contributed by atoms with E-state index in [4.69, 9.17) is 4.74 Å². The predicted octanol–water partition coefficient (Wildman–Crippen LogP) is 3.54. The normalized spacial score (nSPS) is 20.4. The first-order valence-corrected chi connectivity index (χ1v) is 11.4. The van der Waals surface area contributed by atoms with E-state index in [-0.39, 0.29) is 36.4 Å². The second-order valence-corrected chi connectivity index (χ2v) is 8.86. The number of fused-ring (bicyclic) bond motifs is 1. The number of hydrogen-bond donors (Lipinski definition) is 1. The molecule has 2 aromatic carbocycles. The van der Waals surface area contributed by atoms with Crippen LogP contribution >= 0.6 is 0 Å². The second kappa shape index (κ2) is 9.98. The summed E-state index contributed by atoms with van der Waals surface area (Å²) in [7, 11) is 0. The van der Waals surface area contributed by atoms with Gasteiger partial charge in [-0.1, -0.05) is 75.2 Å². The molecule has 1 saturated carbocycles. The van der Waals surface area contributed by atoms with Gasteiger partial charge in [-0.05, 0) is 29.9 Å². The Morgan fingerprint density at radius 1 is 1.03 bits per heavy atom. The molecule has 3 unspecified atom stereocenters. The molecule has 3 atom stereocenters. The van der Waals surface area contributed by atoms with Gasteiger partial charge in [0.15, 0.2) is 12.3 Å². The molecule has 1 aromatic heterocycles. The van der Waals surface area contributed by atoms with Crippen LogP contribution in [0.3, 0.4) is 0 Å². The first kappa shape index (κ1) is 22.7. The molecule has 172 valence electrons. The van der Waals surface area contributed by atoms with Gasteiger partial charge in [-0.2, -0.15) is 5.10 Å². The number of rotatable bonds is 6. The van der Waals surface area contributed by atoms with Crippen molar-refractivity contribution < 1.29 is 14.3 Å². The van der Waals surface area contributed by atoms with Gasteiger partial charge in [-0.3, -0.25) is 9.59 Å². The predicted molar refractivity (Wildman–Crippen MR) is 126 cm³/mol. The van der Waals surface area contributed by atoms with Crippen molar-refractivity contribution >= 4 is 22.6 Å². The van der Waals surface area contributed by atoms with Crippen molar-refractivity contribution in [1.29, 1.82) is 0 Å². The lowest BCUT2D eigenvalue weighted by Gasteiger charge is -2.34. The average molecular weight is 448 g/mol. The molecule has 1 aliphatic carbocycles. The maximum Gasteiger partial charge on any atom is 0.359 e. The van der Waals surface area contributed by atoms with E-state index in [2.05, 4.69) is 24.3 Å². The Morgan fingerprint density at radius 2 is 1.73 bits per heavy atom. The van der Waals surface area contributed by atoms with E-state index >= 15 is 0 Å². The summed E-state index contributed by atoms with van der Waals surface area (Å²) < 4.78 is 6.58. The fraction of sp³-hybridized carbons (Fsp3) is 0.385. The van der Waals surface area contributed by atoms with E-state index in [1.165, 1.54) is 11.1 Å². The summed E-state index contributed by atoms with van der Waals surface area (Å²) in [6, 6.07) is 16.3. The molecule has 0 aliphatic heterocycles. The molecule has 0 bridgehead atoms. The monoisotopic (exact) mass is 447 g/mol. The highest BCUT2D eigenvalue weighted by atomic mass is 16.5. The van der Waals surface area contributed by atoms with Crippen molar-refractivity contribution in [3.8, 4) is 0 Å². The lowest BCUT2D eigenvalue weighted by Crippen LogP contribution is -2.45. The van der Waals surface area contributed by atoms with Crippen molar-refractivity contribution in [2.45, 2.75) is 45.7 Å². The Kier molecular flexibility index (Phi) is 6.87.